The van der Waals surface area contributed by atoms with Crippen LogP contribution in [0.4, 0.5) is 5.69 Å². The summed E-state index contributed by atoms with van der Waals surface area (Å²) in [6.45, 7) is -0.354. The molecule has 0 aliphatic carbocycles. The zero-order valence-corrected chi connectivity index (χ0v) is 15.9. The van der Waals surface area contributed by atoms with Crippen LogP contribution in [-0.2, 0) is 20.8 Å². The zero-order valence-electron chi connectivity index (χ0n) is 15.9. The van der Waals surface area contributed by atoms with Crippen molar-refractivity contribution in [1.82, 2.24) is 14.7 Å². The van der Waals surface area contributed by atoms with Gasteiger partial charge in [-0.1, -0.05) is 6.07 Å². The van der Waals surface area contributed by atoms with E-state index in [9.17, 15) is 19.2 Å². The molecule has 1 aromatic carbocycles. The lowest BCUT2D eigenvalue weighted by Crippen LogP contribution is -2.24. The zero-order chi connectivity index (χ0) is 20.8. The van der Waals surface area contributed by atoms with Crippen LogP contribution in [0.25, 0.3) is 0 Å². The molecule has 0 atom stereocenters. The Morgan fingerprint density at radius 2 is 1.75 bits per heavy atom. The van der Waals surface area contributed by atoms with Gasteiger partial charge in [0.15, 0.2) is 5.69 Å². The second-order valence-electron chi connectivity index (χ2n) is 5.88. The van der Waals surface area contributed by atoms with Gasteiger partial charge in [0.2, 0.25) is 5.91 Å². The van der Waals surface area contributed by atoms with Gasteiger partial charge in [-0.3, -0.25) is 9.59 Å². The van der Waals surface area contributed by atoms with Crippen molar-refractivity contribution in [1.29, 1.82) is 0 Å². The van der Waals surface area contributed by atoms with Gasteiger partial charge in [0.05, 0.1) is 14.2 Å². The van der Waals surface area contributed by atoms with Crippen molar-refractivity contribution in [3.05, 3.63) is 47.3 Å². The quantitative estimate of drug-likeness (QED) is 0.727. The first-order valence-electron chi connectivity index (χ1n) is 8.12. The molecule has 1 heterocycles. The number of anilines is 1. The summed E-state index contributed by atoms with van der Waals surface area (Å²) in [7, 11) is 5.59. The molecule has 1 aromatic heterocycles. The van der Waals surface area contributed by atoms with Gasteiger partial charge in [-0.15, -0.1) is 0 Å². The molecule has 1 N–H and O–H groups in total. The van der Waals surface area contributed by atoms with Crippen LogP contribution in [0.1, 0.15) is 31.3 Å². The van der Waals surface area contributed by atoms with E-state index >= 15 is 0 Å². The number of carbonyl (C=O) groups excluding carboxylic acids is 4. The first-order chi connectivity index (χ1) is 13.3. The van der Waals surface area contributed by atoms with E-state index in [0.717, 1.165) is 4.68 Å². The molecule has 10 heteroatoms. The number of hydrogen-bond acceptors (Lipinski definition) is 7. The fourth-order valence-corrected chi connectivity index (χ4v) is 2.34. The van der Waals surface area contributed by atoms with E-state index < -0.39 is 17.8 Å². The Hall–Kier alpha value is -3.69. The highest BCUT2D eigenvalue weighted by Gasteiger charge is 2.21. The molecule has 0 spiro atoms. The minimum absolute atomic E-state index is 0.0745. The van der Waals surface area contributed by atoms with Crippen molar-refractivity contribution in [3.63, 3.8) is 0 Å². The number of methoxy groups -OCH3 is 2. The maximum Gasteiger partial charge on any atom is 0.358 e. The summed E-state index contributed by atoms with van der Waals surface area (Å²) in [6, 6.07) is 7.60. The van der Waals surface area contributed by atoms with Gasteiger partial charge >= 0.3 is 11.9 Å². The molecule has 0 fully saturated rings. The number of esters is 2. The third-order valence-corrected chi connectivity index (χ3v) is 3.66. The highest BCUT2D eigenvalue weighted by Crippen LogP contribution is 2.13. The van der Waals surface area contributed by atoms with Crippen LogP contribution in [0.15, 0.2) is 30.3 Å². The first-order valence-corrected chi connectivity index (χ1v) is 8.12. The lowest BCUT2D eigenvalue weighted by molar-refractivity contribution is -0.116. The van der Waals surface area contributed by atoms with E-state index in [1.807, 2.05) is 0 Å². The molecule has 10 nitrogen and oxygen atoms in total. The summed E-state index contributed by atoms with van der Waals surface area (Å²) in [6.07, 6.45) is 0. The average Bonchev–Trinajstić information content (AvgIpc) is 3.09. The Kier molecular flexibility index (Phi) is 6.48. The number of aromatic nitrogens is 2. The molecule has 0 saturated carbocycles. The number of benzene rings is 1. The standard InChI is InChI=1S/C18H20N4O6/c1-21(2)16(24)11-6-5-7-12(8-11)19-15(23)10-22-14(18(26)28-4)9-13(20-22)17(25)27-3/h5-9H,10H2,1-4H3,(H,19,23). The van der Waals surface area contributed by atoms with Gasteiger partial charge in [0.25, 0.3) is 5.91 Å². The Morgan fingerprint density at radius 1 is 1.07 bits per heavy atom. The van der Waals surface area contributed by atoms with Gasteiger partial charge in [-0.05, 0) is 18.2 Å². The number of ether oxygens (including phenoxy) is 2. The SMILES string of the molecule is COC(=O)c1cc(C(=O)OC)n(CC(=O)Nc2cccc(C(=O)N(C)C)c2)n1. The third-order valence-electron chi connectivity index (χ3n) is 3.66. The van der Waals surface area contributed by atoms with Gasteiger partial charge in [0.1, 0.15) is 12.2 Å². The molecule has 0 unspecified atom stereocenters. The normalized spacial score (nSPS) is 10.1. The lowest BCUT2D eigenvalue weighted by atomic mass is 10.2. The summed E-state index contributed by atoms with van der Waals surface area (Å²) in [4.78, 5) is 49.3. The molecule has 0 bridgehead atoms. The molecule has 0 aliphatic rings. The highest BCUT2D eigenvalue weighted by atomic mass is 16.5. The molecular formula is C18H20N4O6. The van der Waals surface area contributed by atoms with E-state index in [1.165, 1.54) is 31.3 Å². The predicted molar refractivity (Wildman–Crippen MR) is 98.0 cm³/mol. The second kappa shape index (κ2) is 8.80. The number of amides is 2. The molecule has 0 aliphatic heterocycles. The smallest absolute Gasteiger partial charge is 0.358 e. The van der Waals surface area contributed by atoms with E-state index in [2.05, 4.69) is 19.9 Å². The average molecular weight is 388 g/mol. The van der Waals surface area contributed by atoms with Crippen molar-refractivity contribution < 1.29 is 28.7 Å². The number of nitrogens with zero attached hydrogens (tertiary/aromatic N) is 3. The Labute approximate surface area is 161 Å². The minimum Gasteiger partial charge on any atom is -0.464 e. The largest absolute Gasteiger partial charge is 0.464 e. The molecule has 28 heavy (non-hydrogen) atoms. The summed E-state index contributed by atoms with van der Waals surface area (Å²) in [5.41, 5.74) is 0.603. The van der Waals surface area contributed by atoms with Crippen LogP contribution in [0.3, 0.4) is 0 Å². The molecule has 2 rings (SSSR count). The van der Waals surface area contributed by atoms with Crippen molar-refractivity contribution in [3.8, 4) is 0 Å². The monoisotopic (exact) mass is 388 g/mol. The molecular weight excluding hydrogens is 368 g/mol. The second-order valence-corrected chi connectivity index (χ2v) is 5.88. The van der Waals surface area contributed by atoms with Gasteiger partial charge in [0, 0.05) is 31.4 Å². The van der Waals surface area contributed by atoms with Gasteiger partial charge in [-0.25, -0.2) is 14.3 Å². The minimum atomic E-state index is -0.756. The number of hydrogen-bond donors (Lipinski definition) is 1. The van der Waals surface area contributed by atoms with E-state index in [-0.39, 0.29) is 23.8 Å². The molecule has 2 aromatic rings. The van der Waals surface area contributed by atoms with E-state index in [0.29, 0.717) is 11.3 Å². The Balaban J connectivity index is 2.20. The summed E-state index contributed by atoms with van der Waals surface area (Å²) < 4.78 is 10.3. The lowest BCUT2D eigenvalue weighted by Gasteiger charge is -2.12. The van der Waals surface area contributed by atoms with Crippen LogP contribution in [-0.4, -0.2) is 66.7 Å². The third kappa shape index (κ3) is 4.72. The predicted octanol–water partition coefficient (Wildman–Crippen LogP) is 0.797. The molecule has 0 saturated heterocycles. The summed E-state index contributed by atoms with van der Waals surface area (Å²) in [5, 5.41) is 6.54. The van der Waals surface area contributed by atoms with Crippen molar-refractivity contribution >= 4 is 29.4 Å². The highest BCUT2D eigenvalue weighted by molar-refractivity contribution is 5.97. The number of carbonyl (C=O) groups is 4. The van der Waals surface area contributed by atoms with Crippen LogP contribution < -0.4 is 5.32 Å². The van der Waals surface area contributed by atoms with Crippen LogP contribution in [0.2, 0.25) is 0 Å². The number of nitrogens with one attached hydrogen (secondary N) is 1. The topological polar surface area (TPSA) is 120 Å². The first kappa shape index (κ1) is 20.6. The van der Waals surface area contributed by atoms with Crippen molar-refractivity contribution in [2.75, 3.05) is 33.6 Å². The fourth-order valence-electron chi connectivity index (χ4n) is 2.34. The summed E-state index contributed by atoms with van der Waals surface area (Å²) in [5.74, 6) is -2.23. The van der Waals surface area contributed by atoms with Gasteiger partial charge < -0.3 is 19.7 Å². The fraction of sp³-hybridized carbons (Fsp3) is 0.278. The molecule has 148 valence electrons. The van der Waals surface area contributed by atoms with E-state index in [1.54, 1.807) is 32.3 Å². The molecule has 2 amide bonds. The number of rotatable bonds is 6. The Bertz CT molecular complexity index is 919. The van der Waals surface area contributed by atoms with E-state index in [4.69, 9.17) is 0 Å². The van der Waals surface area contributed by atoms with Gasteiger partial charge in [-0.2, -0.15) is 5.10 Å². The van der Waals surface area contributed by atoms with Crippen molar-refractivity contribution in [2.45, 2.75) is 6.54 Å². The van der Waals surface area contributed by atoms with Crippen LogP contribution in [0.5, 0.6) is 0 Å². The molecule has 0 radical (unpaired) electrons. The summed E-state index contributed by atoms with van der Waals surface area (Å²) >= 11 is 0. The maximum absolute atomic E-state index is 12.4. The van der Waals surface area contributed by atoms with Crippen LogP contribution in [0, 0.1) is 0 Å². The Morgan fingerprint density at radius 3 is 2.36 bits per heavy atom. The van der Waals surface area contributed by atoms with Crippen LogP contribution >= 0.6 is 0 Å². The van der Waals surface area contributed by atoms with Crippen molar-refractivity contribution in [2.24, 2.45) is 0 Å². The maximum atomic E-state index is 12.4.